The third-order valence-electron chi connectivity index (χ3n) is 7.94. The zero-order chi connectivity index (χ0) is 24.4. The minimum Gasteiger partial charge on any atom is -0.330 e. The van der Waals surface area contributed by atoms with E-state index in [-0.39, 0.29) is 5.78 Å². The summed E-state index contributed by atoms with van der Waals surface area (Å²) >= 11 is 7.28. The van der Waals surface area contributed by atoms with Crippen molar-refractivity contribution in [3.05, 3.63) is 91.4 Å². The van der Waals surface area contributed by atoms with Crippen molar-refractivity contribution in [3.63, 3.8) is 0 Å². The third kappa shape index (κ3) is 5.65. The number of benzene rings is 2. The second-order valence-corrected chi connectivity index (χ2v) is 12.1. The molecule has 0 radical (unpaired) electrons. The molecule has 2 nitrogen and oxygen atoms in total. The summed E-state index contributed by atoms with van der Waals surface area (Å²) in [5.74, 6) is 1.66. The van der Waals surface area contributed by atoms with Crippen LogP contribution in [0, 0.1) is 11.8 Å². The highest BCUT2D eigenvalue weighted by molar-refractivity contribution is 9.10. The molecule has 5 rings (SSSR count). The molecule has 2 aromatic rings. The first-order valence-electron chi connectivity index (χ1n) is 12.9. The third-order valence-corrected chi connectivity index (χ3v) is 8.93. The average Bonchev–Trinajstić information content (AvgIpc) is 3.18. The molecule has 4 heteroatoms. The van der Waals surface area contributed by atoms with E-state index in [1.54, 1.807) is 0 Å². The maximum atomic E-state index is 13.7. The Labute approximate surface area is 226 Å². The van der Waals surface area contributed by atoms with E-state index in [0.717, 1.165) is 63.8 Å². The van der Waals surface area contributed by atoms with E-state index < -0.39 is 0 Å². The molecule has 1 fully saturated rings. The Balaban J connectivity index is 1.39. The molecule has 0 spiro atoms. The molecule has 2 N–H and O–H groups in total. The fourth-order valence-corrected chi connectivity index (χ4v) is 6.77. The zero-order valence-corrected chi connectivity index (χ0v) is 23.3. The van der Waals surface area contributed by atoms with Crippen LogP contribution in [0.3, 0.4) is 0 Å². The van der Waals surface area contributed by atoms with Gasteiger partial charge in [-0.05, 0) is 114 Å². The van der Waals surface area contributed by atoms with Gasteiger partial charge in [0, 0.05) is 20.9 Å². The summed E-state index contributed by atoms with van der Waals surface area (Å²) in [6.45, 7) is 0.804. The van der Waals surface area contributed by atoms with Gasteiger partial charge in [0.25, 0.3) is 0 Å². The van der Waals surface area contributed by atoms with Crippen molar-refractivity contribution in [2.75, 3.05) is 6.54 Å². The molecule has 0 aromatic heterocycles. The number of rotatable bonds is 7. The normalized spacial score (nSPS) is 21.4. The van der Waals surface area contributed by atoms with E-state index in [4.69, 9.17) is 5.73 Å². The Morgan fingerprint density at radius 3 is 2.37 bits per heavy atom. The first kappa shape index (κ1) is 24.9. The SMILES string of the molecule is NCC1CCCC(CCCC(=O)C2=CC(C3=CCc4ccc(Br)cc43)=CCc3ccc(Br)cc32)C1. The molecule has 0 heterocycles. The van der Waals surface area contributed by atoms with E-state index in [1.165, 1.54) is 47.9 Å². The maximum absolute atomic E-state index is 13.7. The maximum Gasteiger partial charge on any atom is 0.163 e. The van der Waals surface area contributed by atoms with Gasteiger partial charge in [-0.15, -0.1) is 0 Å². The summed E-state index contributed by atoms with van der Waals surface area (Å²) in [5.41, 5.74) is 14.1. The van der Waals surface area contributed by atoms with Crippen LogP contribution in [-0.2, 0) is 17.6 Å². The van der Waals surface area contributed by atoms with Gasteiger partial charge >= 0.3 is 0 Å². The zero-order valence-electron chi connectivity index (χ0n) is 20.2. The van der Waals surface area contributed by atoms with Crippen LogP contribution in [0.2, 0.25) is 0 Å². The number of ketones is 1. The van der Waals surface area contributed by atoms with Crippen molar-refractivity contribution in [1.29, 1.82) is 0 Å². The summed E-state index contributed by atoms with van der Waals surface area (Å²) in [4.78, 5) is 13.7. The summed E-state index contributed by atoms with van der Waals surface area (Å²) in [6, 6.07) is 12.9. The standard InChI is InChI=1S/C31H33Br2NO/c32-25-13-10-23-11-14-27(28(23)17-25)24-8-7-22-9-12-26(33)18-29(22)30(16-24)31(35)6-2-4-20-3-1-5-21(15-20)19-34/h8-10,12-14,16-18,20-21H,1-7,11,15,19,34H2. The Morgan fingerprint density at radius 1 is 0.914 bits per heavy atom. The van der Waals surface area contributed by atoms with Gasteiger partial charge in [-0.1, -0.05) is 75.4 Å². The average molecular weight is 595 g/mol. The lowest BCUT2D eigenvalue weighted by molar-refractivity contribution is -0.113. The minimum absolute atomic E-state index is 0.261. The van der Waals surface area contributed by atoms with E-state index in [9.17, 15) is 4.79 Å². The number of fused-ring (bicyclic) bond motifs is 2. The van der Waals surface area contributed by atoms with Gasteiger partial charge in [0.1, 0.15) is 0 Å². The molecule has 0 amide bonds. The number of carbonyl (C=O) groups is 1. The Morgan fingerprint density at radius 2 is 1.60 bits per heavy atom. The van der Waals surface area contributed by atoms with E-state index >= 15 is 0 Å². The first-order chi connectivity index (χ1) is 17.0. The Bertz CT molecular complexity index is 1220. The predicted molar refractivity (Wildman–Crippen MR) is 153 cm³/mol. The predicted octanol–water partition coefficient (Wildman–Crippen LogP) is 8.22. The molecule has 3 aliphatic rings. The number of allylic oxidation sites excluding steroid dienone is 6. The largest absolute Gasteiger partial charge is 0.330 e. The van der Waals surface area contributed by atoms with Gasteiger partial charge in [0.2, 0.25) is 0 Å². The number of Topliss-reactive ketones (excluding diaryl/α,β-unsaturated/α-hetero) is 1. The van der Waals surface area contributed by atoms with Crippen molar-refractivity contribution in [2.24, 2.45) is 17.6 Å². The van der Waals surface area contributed by atoms with Crippen LogP contribution in [0.1, 0.15) is 67.2 Å². The smallest absolute Gasteiger partial charge is 0.163 e. The van der Waals surface area contributed by atoms with Crippen LogP contribution < -0.4 is 5.73 Å². The number of hydrogen-bond acceptors (Lipinski definition) is 2. The van der Waals surface area contributed by atoms with Crippen molar-refractivity contribution >= 4 is 48.8 Å². The van der Waals surface area contributed by atoms with Crippen LogP contribution in [0.15, 0.2) is 69.1 Å². The molecular formula is C31H33Br2NO. The Hall–Kier alpha value is -1.75. The number of hydrogen-bond donors (Lipinski definition) is 1. The second kappa shape index (κ2) is 11.1. The second-order valence-electron chi connectivity index (χ2n) is 10.3. The fraction of sp³-hybridized carbons (Fsp3) is 0.387. The van der Waals surface area contributed by atoms with Gasteiger partial charge in [0.15, 0.2) is 5.78 Å². The van der Waals surface area contributed by atoms with Gasteiger partial charge in [-0.25, -0.2) is 0 Å². The van der Waals surface area contributed by atoms with E-state index in [0.29, 0.717) is 12.3 Å². The van der Waals surface area contributed by atoms with Crippen LogP contribution >= 0.6 is 31.9 Å². The summed E-state index contributed by atoms with van der Waals surface area (Å²) in [6.07, 6.45) is 16.3. The molecule has 0 saturated heterocycles. The minimum atomic E-state index is 0.261. The van der Waals surface area contributed by atoms with Crippen molar-refractivity contribution in [2.45, 2.75) is 57.8 Å². The lowest BCUT2D eigenvalue weighted by atomic mass is 9.79. The molecule has 182 valence electrons. The molecule has 0 bridgehead atoms. The first-order valence-corrected chi connectivity index (χ1v) is 14.5. The van der Waals surface area contributed by atoms with Gasteiger partial charge in [-0.2, -0.15) is 0 Å². The molecule has 1 saturated carbocycles. The molecule has 2 aromatic carbocycles. The highest BCUT2D eigenvalue weighted by Crippen LogP contribution is 2.39. The van der Waals surface area contributed by atoms with Crippen LogP contribution in [-0.4, -0.2) is 12.3 Å². The topological polar surface area (TPSA) is 43.1 Å². The highest BCUT2D eigenvalue weighted by Gasteiger charge is 2.24. The van der Waals surface area contributed by atoms with Crippen LogP contribution in [0.25, 0.3) is 11.1 Å². The quantitative estimate of drug-likeness (QED) is 0.351. The van der Waals surface area contributed by atoms with Crippen molar-refractivity contribution < 1.29 is 4.79 Å². The Kier molecular flexibility index (Phi) is 7.91. The lowest BCUT2D eigenvalue weighted by Crippen LogP contribution is -2.22. The monoisotopic (exact) mass is 593 g/mol. The van der Waals surface area contributed by atoms with E-state index in [1.807, 2.05) is 0 Å². The van der Waals surface area contributed by atoms with Gasteiger partial charge in [-0.3, -0.25) is 4.79 Å². The molecule has 2 unspecified atom stereocenters. The number of halogens is 2. The molecule has 2 atom stereocenters. The highest BCUT2D eigenvalue weighted by atomic mass is 79.9. The number of carbonyl (C=O) groups excluding carboxylic acids is 1. The number of nitrogens with two attached hydrogens (primary N) is 1. The lowest BCUT2D eigenvalue weighted by Gasteiger charge is -2.28. The fourth-order valence-electron chi connectivity index (χ4n) is 6.05. The van der Waals surface area contributed by atoms with Gasteiger partial charge < -0.3 is 5.73 Å². The van der Waals surface area contributed by atoms with Gasteiger partial charge in [0.05, 0.1) is 0 Å². The molecular weight excluding hydrogens is 562 g/mol. The van der Waals surface area contributed by atoms with Crippen molar-refractivity contribution in [1.82, 2.24) is 0 Å². The summed E-state index contributed by atoms with van der Waals surface area (Å²) < 4.78 is 2.10. The van der Waals surface area contributed by atoms with Crippen LogP contribution in [0.4, 0.5) is 0 Å². The molecule has 35 heavy (non-hydrogen) atoms. The van der Waals surface area contributed by atoms with Crippen molar-refractivity contribution in [3.8, 4) is 0 Å². The summed E-state index contributed by atoms with van der Waals surface area (Å²) in [7, 11) is 0. The van der Waals surface area contributed by atoms with Crippen LogP contribution in [0.5, 0.6) is 0 Å². The molecule has 0 aliphatic heterocycles. The summed E-state index contributed by atoms with van der Waals surface area (Å²) in [5, 5.41) is 0. The van der Waals surface area contributed by atoms with E-state index in [2.05, 4.69) is 86.5 Å². The molecule has 3 aliphatic carbocycles.